The van der Waals surface area contributed by atoms with Gasteiger partial charge in [0, 0.05) is 18.2 Å². The normalized spacial score (nSPS) is 12.5. The number of nitrogens with zero attached hydrogens (tertiary/aromatic N) is 3. The standard InChI is InChI=1S/C14H7F2N3O/c15-9-3-4-10-8(12(9)16)6-11-18-13-7(2-1-5-17-13)14(20)19(10)11/h1-5H,6H2. The molecule has 3 heterocycles. The Balaban J connectivity index is 2.14. The average Bonchev–Trinajstić information content (AvgIpc) is 2.83. The smallest absolute Gasteiger partial charge is 0.267 e. The lowest BCUT2D eigenvalue weighted by atomic mass is 10.1. The summed E-state index contributed by atoms with van der Waals surface area (Å²) in [6, 6.07) is 5.67. The predicted octanol–water partition coefficient (Wildman–Crippen LogP) is 1.96. The Bertz CT molecular complexity index is 934. The maximum absolute atomic E-state index is 13.8. The summed E-state index contributed by atoms with van der Waals surface area (Å²) in [5.41, 5.74) is 0.507. The van der Waals surface area contributed by atoms with Crippen LogP contribution < -0.4 is 5.56 Å². The van der Waals surface area contributed by atoms with E-state index in [1.54, 1.807) is 12.1 Å². The minimum Gasteiger partial charge on any atom is -0.268 e. The predicted molar refractivity (Wildman–Crippen MR) is 67.9 cm³/mol. The molecule has 4 nitrogen and oxygen atoms in total. The summed E-state index contributed by atoms with van der Waals surface area (Å²) in [6.45, 7) is 0. The summed E-state index contributed by atoms with van der Waals surface area (Å²) in [4.78, 5) is 20.7. The van der Waals surface area contributed by atoms with Gasteiger partial charge in [-0.2, -0.15) is 0 Å². The van der Waals surface area contributed by atoms with Crippen molar-refractivity contribution >= 4 is 11.0 Å². The van der Waals surface area contributed by atoms with Gasteiger partial charge in [-0.3, -0.25) is 9.36 Å². The zero-order valence-electron chi connectivity index (χ0n) is 10.1. The number of hydrogen-bond acceptors (Lipinski definition) is 3. The molecule has 1 aromatic carbocycles. The molecule has 0 amide bonds. The van der Waals surface area contributed by atoms with Crippen LogP contribution in [0.15, 0.2) is 35.3 Å². The third-order valence-electron chi connectivity index (χ3n) is 3.46. The van der Waals surface area contributed by atoms with Gasteiger partial charge >= 0.3 is 0 Å². The first-order valence-electron chi connectivity index (χ1n) is 6.01. The molecule has 0 fully saturated rings. The van der Waals surface area contributed by atoms with Crippen molar-refractivity contribution in [1.29, 1.82) is 0 Å². The van der Waals surface area contributed by atoms with Crippen LogP contribution in [0.5, 0.6) is 0 Å². The van der Waals surface area contributed by atoms with E-state index >= 15 is 0 Å². The Morgan fingerprint density at radius 2 is 2.05 bits per heavy atom. The SMILES string of the molecule is O=c1c2cccnc2nc2n1-c1ccc(F)c(F)c1C2. The molecule has 4 rings (SSSR count). The van der Waals surface area contributed by atoms with E-state index in [9.17, 15) is 13.6 Å². The van der Waals surface area contributed by atoms with Crippen molar-refractivity contribution in [3.63, 3.8) is 0 Å². The minimum absolute atomic E-state index is 0.0840. The Morgan fingerprint density at radius 1 is 1.20 bits per heavy atom. The van der Waals surface area contributed by atoms with Gasteiger partial charge in [-0.15, -0.1) is 0 Å². The van der Waals surface area contributed by atoms with Crippen LogP contribution in [-0.4, -0.2) is 14.5 Å². The van der Waals surface area contributed by atoms with Crippen LogP contribution in [0.4, 0.5) is 8.78 Å². The second-order valence-electron chi connectivity index (χ2n) is 4.58. The summed E-state index contributed by atoms with van der Waals surface area (Å²) in [6.07, 6.45) is 1.62. The van der Waals surface area contributed by atoms with Crippen LogP contribution in [0.1, 0.15) is 11.4 Å². The molecule has 0 N–H and O–H groups in total. The molecule has 98 valence electrons. The van der Waals surface area contributed by atoms with Gasteiger partial charge in [0.05, 0.1) is 11.1 Å². The summed E-state index contributed by atoms with van der Waals surface area (Å²) >= 11 is 0. The van der Waals surface area contributed by atoms with E-state index in [2.05, 4.69) is 9.97 Å². The fourth-order valence-electron chi connectivity index (χ4n) is 2.55. The van der Waals surface area contributed by atoms with Crippen molar-refractivity contribution in [2.75, 3.05) is 0 Å². The third kappa shape index (κ3) is 1.30. The molecule has 0 unspecified atom stereocenters. The highest BCUT2D eigenvalue weighted by atomic mass is 19.2. The molecule has 0 aliphatic carbocycles. The molecular weight excluding hydrogens is 264 g/mol. The fraction of sp³-hybridized carbons (Fsp3) is 0.0714. The van der Waals surface area contributed by atoms with Crippen LogP contribution in [0.2, 0.25) is 0 Å². The van der Waals surface area contributed by atoms with Crippen LogP contribution in [0.3, 0.4) is 0 Å². The third-order valence-corrected chi connectivity index (χ3v) is 3.46. The van der Waals surface area contributed by atoms with Gasteiger partial charge in [0.1, 0.15) is 5.82 Å². The molecule has 0 radical (unpaired) electrons. The highest BCUT2D eigenvalue weighted by molar-refractivity contribution is 5.74. The molecule has 0 atom stereocenters. The summed E-state index contributed by atoms with van der Waals surface area (Å²) in [5, 5.41) is 0.355. The topological polar surface area (TPSA) is 47.8 Å². The Kier molecular flexibility index (Phi) is 2.07. The monoisotopic (exact) mass is 271 g/mol. The number of pyridine rings is 1. The molecule has 6 heteroatoms. The Morgan fingerprint density at radius 3 is 2.90 bits per heavy atom. The number of fused-ring (bicyclic) bond motifs is 4. The molecule has 0 spiro atoms. The quantitative estimate of drug-likeness (QED) is 0.491. The largest absolute Gasteiger partial charge is 0.268 e. The van der Waals surface area contributed by atoms with Crippen molar-refractivity contribution in [2.24, 2.45) is 0 Å². The highest BCUT2D eigenvalue weighted by Gasteiger charge is 2.26. The molecule has 1 aliphatic rings. The number of hydrogen-bond donors (Lipinski definition) is 0. The van der Waals surface area contributed by atoms with Crippen LogP contribution in [-0.2, 0) is 6.42 Å². The summed E-state index contributed by atoms with van der Waals surface area (Å²) in [7, 11) is 0. The molecule has 20 heavy (non-hydrogen) atoms. The van der Waals surface area contributed by atoms with Gasteiger partial charge in [0.2, 0.25) is 0 Å². The van der Waals surface area contributed by atoms with Crippen LogP contribution >= 0.6 is 0 Å². The first-order valence-corrected chi connectivity index (χ1v) is 6.01. The van der Waals surface area contributed by atoms with Gasteiger partial charge in [-0.1, -0.05) is 0 Å². The number of rotatable bonds is 0. The van der Waals surface area contributed by atoms with E-state index in [-0.39, 0.29) is 17.5 Å². The molecule has 1 aliphatic heterocycles. The first-order chi connectivity index (χ1) is 9.66. The lowest BCUT2D eigenvalue weighted by molar-refractivity contribution is 0.502. The Hall–Kier alpha value is -2.63. The van der Waals surface area contributed by atoms with Gasteiger partial charge < -0.3 is 0 Å². The zero-order chi connectivity index (χ0) is 13.9. The molecule has 3 aromatic rings. The lowest BCUT2D eigenvalue weighted by Gasteiger charge is -2.06. The molecular formula is C14H7F2N3O. The van der Waals surface area contributed by atoms with Crippen LogP contribution in [0, 0.1) is 11.6 Å². The second-order valence-corrected chi connectivity index (χ2v) is 4.58. The van der Waals surface area contributed by atoms with Crippen molar-refractivity contribution < 1.29 is 8.78 Å². The average molecular weight is 271 g/mol. The number of aromatic nitrogens is 3. The first kappa shape index (κ1) is 11.2. The van der Waals surface area contributed by atoms with E-state index in [4.69, 9.17) is 0 Å². The van der Waals surface area contributed by atoms with Gasteiger partial charge in [-0.05, 0) is 24.3 Å². The van der Waals surface area contributed by atoms with E-state index in [1.165, 1.54) is 16.8 Å². The zero-order valence-corrected chi connectivity index (χ0v) is 10.1. The van der Waals surface area contributed by atoms with E-state index < -0.39 is 11.6 Å². The maximum Gasteiger partial charge on any atom is 0.267 e. The Labute approximate surface area is 111 Å². The van der Waals surface area contributed by atoms with Crippen molar-refractivity contribution in [2.45, 2.75) is 6.42 Å². The van der Waals surface area contributed by atoms with Gasteiger partial charge in [0.15, 0.2) is 17.3 Å². The summed E-state index contributed by atoms with van der Waals surface area (Å²) < 4.78 is 28.4. The lowest BCUT2D eigenvalue weighted by Crippen LogP contribution is -2.20. The molecule has 0 saturated carbocycles. The number of halogens is 2. The van der Waals surface area contributed by atoms with Crippen LogP contribution in [0.25, 0.3) is 16.7 Å². The van der Waals surface area contributed by atoms with Crippen molar-refractivity contribution in [1.82, 2.24) is 14.5 Å². The minimum atomic E-state index is -0.926. The van der Waals surface area contributed by atoms with E-state index in [1.807, 2.05) is 0 Å². The van der Waals surface area contributed by atoms with Crippen molar-refractivity contribution in [3.05, 3.63) is 63.8 Å². The second kappa shape index (κ2) is 3.69. The molecule has 0 saturated heterocycles. The highest BCUT2D eigenvalue weighted by Crippen LogP contribution is 2.29. The van der Waals surface area contributed by atoms with E-state index in [0.29, 0.717) is 22.5 Å². The number of benzene rings is 1. The van der Waals surface area contributed by atoms with E-state index in [0.717, 1.165) is 6.07 Å². The van der Waals surface area contributed by atoms with Crippen molar-refractivity contribution in [3.8, 4) is 5.69 Å². The molecule has 2 aromatic heterocycles. The van der Waals surface area contributed by atoms with Gasteiger partial charge in [-0.25, -0.2) is 18.7 Å². The van der Waals surface area contributed by atoms with Gasteiger partial charge in [0.25, 0.3) is 5.56 Å². The maximum atomic E-state index is 13.8. The summed E-state index contributed by atoms with van der Waals surface area (Å²) in [5.74, 6) is -1.47. The molecule has 0 bridgehead atoms. The fourth-order valence-corrected chi connectivity index (χ4v) is 2.55.